The Bertz CT molecular complexity index is 1010. The van der Waals surface area contributed by atoms with Crippen molar-refractivity contribution in [1.29, 1.82) is 0 Å². The molecule has 0 spiro atoms. The maximum atomic E-state index is 11.1. The average molecular weight is 401 g/mol. The number of carbonyl (C=O) groups excluding carboxylic acids is 1. The first kappa shape index (κ1) is 20.8. The smallest absolute Gasteiger partial charge is 0.168 e. The predicted molar refractivity (Wildman–Crippen MR) is 113 cm³/mol. The quantitative estimate of drug-likeness (QED) is 0.394. The maximum absolute atomic E-state index is 11.1. The second-order valence-corrected chi connectivity index (χ2v) is 6.02. The molecule has 0 aliphatic heterocycles. The zero-order valence-corrected chi connectivity index (χ0v) is 16.9. The van der Waals surface area contributed by atoms with Gasteiger partial charge in [0.1, 0.15) is 16.3 Å². The summed E-state index contributed by atoms with van der Waals surface area (Å²) in [6.45, 7) is 1.94. The summed E-state index contributed by atoms with van der Waals surface area (Å²) in [5.41, 5.74) is 8.04. The van der Waals surface area contributed by atoms with Gasteiger partial charge in [0.25, 0.3) is 0 Å². The van der Waals surface area contributed by atoms with E-state index in [1.165, 1.54) is 18.4 Å². The first-order valence-electron chi connectivity index (χ1n) is 8.00. The molecule has 0 atom stereocenters. The molecule has 0 radical (unpaired) electrons. The molecule has 0 aliphatic carbocycles. The van der Waals surface area contributed by atoms with Crippen LogP contribution in [0.3, 0.4) is 0 Å². The van der Waals surface area contributed by atoms with E-state index in [1.54, 1.807) is 31.0 Å². The topological polar surface area (TPSA) is 94.9 Å². The van der Waals surface area contributed by atoms with Gasteiger partial charge >= 0.3 is 0 Å². The molecule has 0 aromatic carbocycles. The van der Waals surface area contributed by atoms with Crippen molar-refractivity contribution >= 4 is 41.2 Å². The van der Waals surface area contributed by atoms with Crippen molar-refractivity contribution in [3.63, 3.8) is 0 Å². The number of thiazole rings is 1. The van der Waals surface area contributed by atoms with Gasteiger partial charge in [0.05, 0.1) is 22.5 Å². The standard InChI is InChI=1S/C17H11N3O2S.CH5N.CH4S/c1-10-16(23-17(19-10)11-3-2-5-18-8-11)15-13-4-6-22-14(13)7-12(9-21)20-15;2*1-2/h2-9H,1H3;2H2,1H3;2H,1H3. The number of fused-ring (bicyclic) bond motifs is 1. The molecule has 4 aromatic rings. The van der Waals surface area contributed by atoms with Crippen LogP contribution in [0.4, 0.5) is 0 Å². The van der Waals surface area contributed by atoms with Crippen molar-refractivity contribution in [2.45, 2.75) is 6.92 Å². The normalized spacial score (nSPS) is 9.81. The van der Waals surface area contributed by atoms with Gasteiger partial charge in [0.15, 0.2) is 6.29 Å². The fraction of sp³-hybridized carbons (Fsp3) is 0.158. The van der Waals surface area contributed by atoms with Gasteiger partial charge in [-0.2, -0.15) is 12.6 Å². The zero-order chi connectivity index (χ0) is 19.8. The lowest BCUT2D eigenvalue weighted by molar-refractivity contribution is 0.111. The van der Waals surface area contributed by atoms with Crippen LogP contribution in [0.15, 0.2) is 47.3 Å². The number of rotatable bonds is 3. The molecule has 8 heteroatoms. The number of carbonyl (C=O) groups is 1. The summed E-state index contributed by atoms with van der Waals surface area (Å²) >= 11 is 5.06. The van der Waals surface area contributed by atoms with E-state index in [4.69, 9.17) is 4.42 Å². The molecule has 2 N–H and O–H groups in total. The van der Waals surface area contributed by atoms with Crippen LogP contribution in [0.5, 0.6) is 0 Å². The minimum Gasteiger partial charge on any atom is -0.464 e. The minimum atomic E-state index is 0.346. The summed E-state index contributed by atoms with van der Waals surface area (Å²) < 4.78 is 5.43. The first-order chi connectivity index (χ1) is 13.3. The van der Waals surface area contributed by atoms with Crippen LogP contribution in [0.1, 0.15) is 16.2 Å². The molecule has 0 saturated heterocycles. The third-order valence-corrected chi connectivity index (χ3v) is 4.72. The second kappa shape index (κ2) is 9.96. The van der Waals surface area contributed by atoms with Crippen LogP contribution in [0, 0.1) is 6.92 Å². The van der Waals surface area contributed by atoms with Gasteiger partial charge in [-0.15, -0.1) is 11.3 Å². The van der Waals surface area contributed by atoms with E-state index in [-0.39, 0.29) is 0 Å². The van der Waals surface area contributed by atoms with Crippen molar-refractivity contribution in [2.24, 2.45) is 5.73 Å². The third kappa shape index (κ3) is 4.41. The highest BCUT2D eigenvalue weighted by molar-refractivity contribution is 7.79. The number of hydrogen-bond donors (Lipinski definition) is 2. The van der Waals surface area contributed by atoms with Crippen molar-refractivity contribution < 1.29 is 9.21 Å². The van der Waals surface area contributed by atoms with Crippen molar-refractivity contribution in [3.8, 4) is 21.1 Å². The molecule has 4 heterocycles. The van der Waals surface area contributed by atoms with Crippen LogP contribution < -0.4 is 5.73 Å². The van der Waals surface area contributed by atoms with Gasteiger partial charge in [-0.25, -0.2) is 9.97 Å². The number of thiol groups is 1. The van der Waals surface area contributed by atoms with Gasteiger partial charge in [-0.1, -0.05) is 0 Å². The third-order valence-electron chi connectivity index (χ3n) is 3.51. The summed E-state index contributed by atoms with van der Waals surface area (Å²) in [6, 6.07) is 7.35. The Balaban J connectivity index is 0.000000614. The molecule has 4 aromatic heterocycles. The Morgan fingerprint density at radius 3 is 2.67 bits per heavy atom. The number of aldehydes is 1. The van der Waals surface area contributed by atoms with Gasteiger partial charge in [-0.05, 0) is 38.4 Å². The molecular formula is C19H20N4O2S2. The maximum Gasteiger partial charge on any atom is 0.168 e. The van der Waals surface area contributed by atoms with Gasteiger partial charge in [0, 0.05) is 29.4 Å². The number of aryl methyl sites for hydroxylation is 1. The molecule has 0 aliphatic rings. The van der Waals surface area contributed by atoms with E-state index in [1.807, 2.05) is 25.1 Å². The fourth-order valence-electron chi connectivity index (χ4n) is 2.45. The Labute approximate surface area is 166 Å². The summed E-state index contributed by atoms with van der Waals surface area (Å²) in [5.74, 6) is 0. The van der Waals surface area contributed by atoms with Crippen LogP contribution in [0.2, 0.25) is 0 Å². The minimum absolute atomic E-state index is 0.346. The van der Waals surface area contributed by atoms with Crippen LogP contribution in [-0.4, -0.2) is 34.5 Å². The number of aromatic nitrogens is 3. The Kier molecular flexibility index (Phi) is 7.66. The van der Waals surface area contributed by atoms with Crippen molar-refractivity contribution in [1.82, 2.24) is 15.0 Å². The first-order valence-corrected chi connectivity index (χ1v) is 9.71. The molecular weight excluding hydrogens is 380 g/mol. The Hall–Kier alpha value is -2.55. The van der Waals surface area contributed by atoms with E-state index in [2.05, 4.69) is 33.3 Å². The van der Waals surface area contributed by atoms with E-state index in [9.17, 15) is 4.79 Å². The molecule has 6 nitrogen and oxygen atoms in total. The van der Waals surface area contributed by atoms with Gasteiger partial charge < -0.3 is 10.2 Å². The average Bonchev–Trinajstić information content (AvgIpc) is 3.37. The molecule has 0 saturated carbocycles. The second-order valence-electron chi connectivity index (χ2n) is 5.02. The van der Waals surface area contributed by atoms with E-state index in [0.29, 0.717) is 11.3 Å². The number of furan rings is 1. The van der Waals surface area contributed by atoms with Crippen molar-refractivity contribution in [2.75, 3.05) is 13.3 Å². The van der Waals surface area contributed by atoms with Gasteiger partial charge in [-0.3, -0.25) is 9.78 Å². The predicted octanol–water partition coefficient (Wildman–Crippen LogP) is 4.26. The lowest BCUT2D eigenvalue weighted by Gasteiger charge is -2.01. The number of nitrogens with zero attached hydrogens (tertiary/aromatic N) is 3. The number of nitrogens with two attached hydrogens (primary N) is 1. The number of pyridine rings is 2. The molecule has 27 heavy (non-hydrogen) atoms. The zero-order valence-electron chi connectivity index (χ0n) is 15.2. The Morgan fingerprint density at radius 2 is 2.00 bits per heavy atom. The number of hydrogen-bond acceptors (Lipinski definition) is 8. The van der Waals surface area contributed by atoms with E-state index < -0.39 is 0 Å². The molecule has 0 amide bonds. The van der Waals surface area contributed by atoms with E-state index >= 15 is 0 Å². The molecule has 0 bridgehead atoms. The van der Waals surface area contributed by atoms with E-state index in [0.717, 1.165) is 38.5 Å². The van der Waals surface area contributed by atoms with Gasteiger partial charge in [0.2, 0.25) is 0 Å². The SMILES string of the molecule is CN.CS.Cc1nc(-c2cccnc2)sc1-c1nc(C=O)cc2occc12. The Morgan fingerprint density at radius 1 is 1.22 bits per heavy atom. The summed E-state index contributed by atoms with van der Waals surface area (Å²) in [7, 11) is 1.50. The highest BCUT2D eigenvalue weighted by Crippen LogP contribution is 2.37. The largest absolute Gasteiger partial charge is 0.464 e. The highest BCUT2D eigenvalue weighted by Gasteiger charge is 2.17. The van der Waals surface area contributed by atoms with Crippen LogP contribution in [-0.2, 0) is 0 Å². The lowest BCUT2D eigenvalue weighted by atomic mass is 10.2. The molecule has 0 unspecified atom stereocenters. The summed E-state index contributed by atoms with van der Waals surface area (Å²) in [5, 5.41) is 1.75. The molecule has 4 rings (SSSR count). The summed E-state index contributed by atoms with van der Waals surface area (Å²) in [6.07, 6.45) is 7.53. The van der Waals surface area contributed by atoms with Crippen LogP contribution in [0.25, 0.3) is 32.1 Å². The molecule has 0 fully saturated rings. The monoisotopic (exact) mass is 400 g/mol. The fourth-order valence-corrected chi connectivity index (χ4v) is 3.51. The lowest BCUT2D eigenvalue weighted by Crippen LogP contribution is -1.91. The summed E-state index contributed by atoms with van der Waals surface area (Å²) in [4.78, 5) is 25.3. The highest BCUT2D eigenvalue weighted by atomic mass is 32.1. The van der Waals surface area contributed by atoms with Crippen LogP contribution >= 0.6 is 24.0 Å². The van der Waals surface area contributed by atoms with Crippen molar-refractivity contribution in [3.05, 3.63) is 54.3 Å². The molecule has 140 valence electrons.